The molecule has 31 heavy (non-hydrogen) atoms. The van der Waals surface area contributed by atoms with Gasteiger partial charge in [0.25, 0.3) is 0 Å². The van der Waals surface area contributed by atoms with Crippen LogP contribution in [0.5, 0.6) is 0 Å². The van der Waals surface area contributed by atoms with Crippen LogP contribution in [0.15, 0.2) is 73.1 Å². The van der Waals surface area contributed by atoms with Gasteiger partial charge in [-0.05, 0) is 62.5 Å². The lowest BCUT2D eigenvalue weighted by Gasteiger charge is -2.29. The van der Waals surface area contributed by atoms with Gasteiger partial charge in [0, 0.05) is 42.8 Å². The first-order valence-corrected chi connectivity index (χ1v) is 10.9. The number of hydrogen-bond acceptors (Lipinski definition) is 3. The van der Waals surface area contributed by atoms with Gasteiger partial charge in [-0.2, -0.15) is 0 Å². The maximum atomic E-state index is 12.6. The number of carbonyl (C=O) groups is 1. The molecule has 1 fully saturated rings. The highest BCUT2D eigenvalue weighted by atomic mass is 32.1. The summed E-state index contributed by atoms with van der Waals surface area (Å²) in [6.45, 7) is 4.84. The second kappa shape index (κ2) is 9.31. The van der Waals surface area contributed by atoms with Gasteiger partial charge in [-0.1, -0.05) is 24.3 Å². The highest BCUT2D eigenvalue weighted by Crippen LogP contribution is 2.39. The number of anilines is 1. The average molecular weight is 434 g/mol. The second-order valence-electron chi connectivity index (χ2n) is 7.92. The molecule has 160 valence electrons. The lowest BCUT2D eigenvalue weighted by molar-refractivity contribution is -0.116. The SMILES string of the molecule is CC(C)n1cccc1C1C(c2ccccn2)NC(=S)N1CCC(=O)Nc1ccccc1. The van der Waals surface area contributed by atoms with E-state index < -0.39 is 0 Å². The summed E-state index contributed by atoms with van der Waals surface area (Å²) in [5, 5.41) is 7.05. The Bertz CT molecular complexity index is 1030. The monoisotopic (exact) mass is 433 g/mol. The van der Waals surface area contributed by atoms with E-state index in [1.165, 1.54) is 0 Å². The molecule has 0 saturated carbocycles. The van der Waals surface area contributed by atoms with E-state index in [1.54, 1.807) is 6.20 Å². The lowest BCUT2D eigenvalue weighted by atomic mass is 10.0. The van der Waals surface area contributed by atoms with E-state index in [0.29, 0.717) is 24.1 Å². The molecular formula is C24H27N5OS. The minimum absolute atomic E-state index is 0.0340. The van der Waals surface area contributed by atoms with Crippen molar-refractivity contribution in [2.45, 2.75) is 38.4 Å². The maximum absolute atomic E-state index is 12.6. The molecule has 0 spiro atoms. The normalized spacial score (nSPS) is 18.3. The Kier molecular flexibility index (Phi) is 6.32. The van der Waals surface area contributed by atoms with Crippen LogP contribution >= 0.6 is 12.2 Å². The molecule has 3 heterocycles. The van der Waals surface area contributed by atoms with E-state index in [0.717, 1.165) is 17.1 Å². The number of pyridine rings is 1. The molecule has 0 bridgehead atoms. The van der Waals surface area contributed by atoms with Crippen LogP contribution in [0.25, 0.3) is 0 Å². The molecule has 1 saturated heterocycles. The Labute approximate surface area is 188 Å². The van der Waals surface area contributed by atoms with Crippen molar-refractivity contribution in [1.82, 2.24) is 19.8 Å². The number of thiocarbonyl (C=S) groups is 1. The maximum Gasteiger partial charge on any atom is 0.226 e. The van der Waals surface area contributed by atoms with Crippen LogP contribution in [0, 0.1) is 0 Å². The van der Waals surface area contributed by atoms with Crippen LogP contribution in [0.4, 0.5) is 5.69 Å². The Morgan fingerprint density at radius 2 is 1.90 bits per heavy atom. The van der Waals surface area contributed by atoms with Crippen LogP contribution in [0.1, 0.15) is 49.8 Å². The first-order valence-electron chi connectivity index (χ1n) is 10.5. The number of aromatic nitrogens is 2. The van der Waals surface area contributed by atoms with E-state index in [-0.39, 0.29) is 18.0 Å². The fourth-order valence-corrected chi connectivity index (χ4v) is 4.39. The Hall–Kier alpha value is -3.19. The predicted octanol–water partition coefficient (Wildman–Crippen LogP) is 4.47. The highest BCUT2D eigenvalue weighted by molar-refractivity contribution is 7.80. The van der Waals surface area contributed by atoms with Gasteiger partial charge in [-0.3, -0.25) is 9.78 Å². The van der Waals surface area contributed by atoms with Gasteiger partial charge in [-0.15, -0.1) is 0 Å². The molecule has 7 heteroatoms. The molecule has 2 N–H and O–H groups in total. The summed E-state index contributed by atoms with van der Waals surface area (Å²) in [4.78, 5) is 19.3. The Balaban J connectivity index is 1.58. The van der Waals surface area contributed by atoms with Crippen LogP contribution in [0.3, 0.4) is 0 Å². The minimum atomic E-state index is -0.0849. The zero-order valence-electron chi connectivity index (χ0n) is 17.7. The van der Waals surface area contributed by atoms with E-state index in [2.05, 4.69) is 57.3 Å². The molecule has 2 aromatic heterocycles. The first-order chi connectivity index (χ1) is 15.0. The van der Waals surface area contributed by atoms with Crippen LogP contribution in [-0.4, -0.2) is 32.0 Å². The number of nitrogens with zero attached hydrogens (tertiary/aromatic N) is 3. The van der Waals surface area contributed by atoms with Crippen molar-refractivity contribution < 1.29 is 4.79 Å². The van der Waals surface area contributed by atoms with Crippen LogP contribution < -0.4 is 10.6 Å². The molecule has 1 aliphatic rings. The lowest BCUT2D eigenvalue weighted by Crippen LogP contribution is -2.33. The molecule has 2 atom stereocenters. The van der Waals surface area contributed by atoms with Crippen molar-refractivity contribution in [2.24, 2.45) is 0 Å². The van der Waals surface area contributed by atoms with E-state index >= 15 is 0 Å². The topological polar surface area (TPSA) is 62.2 Å². The third-order valence-electron chi connectivity index (χ3n) is 5.51. The highest BCUT2D eigenvalue weighted by Gasteiger charge is 2.41. The number of amides is 1. The number of nitrogens with one attached hydrogen (secondary N) is 2. The number of para-hydroxylation sites is 1. The van der Waals surface area contributed by atoms with Crippen molar-refractivity contribution >= 4 is 28.9 Å². The summed E-state index contributed by atoms with van der Waals surface area (Å²) in [5.41, 5.74) is 2.88. The smallest absolute Gasteiger partial charge is 0.226 e. The summed E-state index contributed by atoms with van der Waals surface area (Å²) in [5.74, 6) is -0.0340. The molecule has 1 amide bonds. The molecule has 6 nitrogen and oxygen atoms in total. The fourth-order valence-electron chi connectivity index (χ4n) is 4.06. The van der Waals surface area contributed by atoms with Gasteiger partial charge in [0.2, 0.25) is 5.91 Å². The zero-order chi connectivity index (χ0) is 21.8. The predicted molar refractivity (Wildman–Crippen MR) is 127 cm³/mol. The number of hydrogen-bond donors (Lipinski definition) is 2. The first kappa shape index (κ1) is 21.1. The van der Waals surface area contributed by atoms with Gasteiger partial charge in [0.05, 0.1) is 17.8 Å². The molecule has 2 unspecified atom stereocenters. The summed E-state index contributed by atoms with van der Waals surface area (Å²) in [6, 6.07) is 19.8. The third kappa shape index (κ3) is 4.61. The summed E-state index contributed by atoms with van der Waals surface area (Å²) in [7, 11) is 0. The molecule has 0 aliphatic carbocycles. The largest absolute Gasteiger partial charge is 0.352 e. The zero-order valence-corrected chi connectivity index (χ0v) is 18.5. The number of benzene rings is 1. The summed E-state index contributed by atoms with van der Waals surface area (Å²) in [6.07, 6.45) is 4.23. The standard InChI is InChI=1S/C24H27N5OS/c1-17(2)28-15-8-12-20(28)23-22(19-11-6-7-14-25-19)27-24(31)29(23)16-13-21(30)26-18-9-4-3-5-10-18/h3-12,14-15,17,22-23H,13,16H2,1-2H3,(H,26,30)(H,27,31). The van der Waals surface area contributed by atoms with Crippen molar-refractivity contribution in [1.29, 1.82) is 0 Å². The van der Waals surface area contributed by atoms with Gasteiger partial charge in [-0.25, -0.2) is 0 Å². The van der Waals surface area contributed by atoms with Crippen LogP contribution in [0.2, 0.25) is 0 Å². The molecule has 1 aliphatic heterocycles. The summed E-state index contributed by atoms with van der Waals surface area (Å²) < 4.78 is 2.26. The minimum Gasteiger partial charge on any atom is -0.352 e. The van der Waals surface area contributed by atoms with Gasteiger partial charge >= 0.3 is 0 Å². The molecular weight excluding hydrogens is 406 g/mol. The third-order valence-corrected chi connectivity index (χ3v) is 5.86. The second-order valence-corrected chi connectivity index (χ2v) is 8.30. The average Bonchev–Trinajstić information content (AvgIpc) is 3.38. The van der Waals surface area contributed by atoms with Crippen molar-refractivity contribution in [3.05, 3.63) is 84.4 Å². The van der Waals surface area contributed by atoms with E-state index in [9.17, 15) is 4.79 Å². The van der Waals surface area contributed by atoms with Crippen molar-refractivity contribution in [2.75, 3.05) is 11.9 Å². The van der Waals surface area contributed by atoms with Gasteiger partial charge in [0.1, 0.15) is 0 Å². The molecule has 4 rings (SSSR count). The van der Waals surface area contributed by atoms with Gasteiger partial charge < -0.3 is 20.1 Å². The quantitative estimate of drug-likeness (QED) is 0.539. The Morgan fingerprint density at radius 1 is 1.13 bits per heavy atom. The van der Waals surface area contributed by atoms with E-state index in [1.807, 2.05) is 48.5 Å². The van der Waals surface area contributed by atoms with Crippen molar-refractivity contribution in [3.8, 4) is 0 Å². The fraction of sp³-hybridized carbons (Fsp3) is 0.292. The molecule has 0 radical (unpaired) electrons. The Morgan fingerprint density at radius 3 is 2.61 bits per heavy atom. The van der Waals surface area contributed by atoms with Crippen molar-refractivity contribution in [3.63, 3.8) is 0 Å². The molecule has 3 aromatic rings. The van der Waals surface area contributed by atoms with Crippen LogP contribution in [-0.2, 0) is 4.79 Å². The summed E-state index contributed by atoms with van der Waals surface area (Å²) >= 11 is 5.71. The number of carbonyl (C=O) groups excluding carboxylic acids is 1. The van der Waals surface area contributed by atoms with Gasteiger partial charge in [0.15, 0.2) is 5.11 Å². The molecule has 1 aromatic carbocycles. The number of rotatable bonds is 7. The van der Waals surface area contributed by atoms with E-state index in [4.69, 9.17) is 12.2 Å².